The summed E-state index contributed by atoms with van der Waals surface area (Å²) < 4.78 is 2.41. The molecule has 32 heavy (non-hydrogen) atoms. The van der Waals surface area contributed by atoms with Crippen LogP contribution in [-0.4, -0.2) is 4.57 Å². The van der Waals surface area contributed by atoms with Gasteiger partial charge in [0.2, 0.25) is 0 Å². The average molecular weight is 410 g/mol. The van der Waals surface area contributed by atoms with E-state index in [0.717, 1.165) is 0 Å². The molecule has 1 nitrogen and oxygen atoms in total. The van der Waals surface area contributed by atoms with E-state index in [1.807, 2.05) is 0 Å². The van der Waals surface area contributed by atoms with E-state index in [2.05, 4.69) is 133 Å². The molecule has 0 atom stereocenters. The number of fused-ring (bicyclic) bond motifs is 3. The Labute approximate surface area is 188 Å². The van der Waals surface area contributed by atoms with Crippen LogP contribution < -0.4 is 0 Å². The standard InChI is InChI=1S/C31H23N/c1-22-12-16-27(17-13-22)32-30-20-25(23-8-4-2-5-9-23)14-18-28(30)29-19-15-26(21-31(29)32)24-10-6-3-7-11-24/h2-21H,1H3. The van der Waals surface area contributed by atoms with Crippen LogP contribution in [0.4, 0.5) is 0 Å². The van der Waals surface area contributed by atoms with Gasteiger partial charge in [0.05, 0.1) is 11.0 Å². The fourth-order valence-electron chi connectivity index (χ4n) is 4.61. The van der Waals surface area contributed by atoms with Crippen molar-refractivity contribution in [1.29, 1.82) is 0 Å². The molecule has 1 heteroatoms. The summed E-state index contributed by atoms with van der Waals surface area (Å²) in [5.41, 5.74) is 9.86. The third-order valence-electron chi connectivity index (χ3n) is 6.27. The summed E-state index contributed by atoms with van der Waals surface area (Å²) in [4.78, 5) is 0. The summed E-state index contributed by atoms with van der Waals surface area (Å²) in [5.74, 6) is 0. The zero-order valence-corrected chi connectivity index (χ0v) is 18.0. The minimum absolute atomic E-state index is 1.19. The van der Waals surface area contributed by atoms with Gasteiger partial charge < -0.3 is 4.57 Å². The maximum atomic E-state index is 2.41. The Morgan fingerprint density at radius 1 is 0.438 bits per heavy atom. The van der Waals surface area contributed by atoms with E-state index in [1.165, 1.54) is 55.3 Å². The number of hydrogen-bond acceptors (Lipinski definition) is 0. The smallest absolute Gasteiger partial charge is 0.0547 e. The Morgan fingerprint density at radius 3 is 1.38 bits per heavy atom. The minimum Gasteiger partial charge on any atom is -0.309 e. The molecule has 0 amide bonds. The second kappa shape index (κ2) is 7.55. The highest BCUT2D eigenvalue weighted by Crippen LogP contribution is 2.36. The zero-order valence-electron chi connectivity index (χ0n) is 18.0. The molecule has 0 unspecified atom stereocenters. The maximum absolute atomic E-state index is 2.41. The van der Waals surface area contributed by atoms with Gasteiger partial charge >= 0.3 is 0 Å². The van der Waals surface area contributed by atoms with E-state index in [-0.39, 0.29) is 0 Å². The Balaban J connectivity index is 1.67. The van der Waals surface area contributed by atoms with Gasteiger partial charge in [-0.3, -0.25) is 0 Å². The summed E-state index contributed by atoms with van der Waals surface area (Å²) in [5, 5.41) is 2.56. The van der Waals surface area contributed by atoms with Gasteiger partial charge in [-0.25, -0.2) is 0 Å². The number of benzene rings is 5. The molecule has 0 saturated heterocycles. The van der Waals surface area contributed by atoms with Crippen LogP contribution >= 0.6 is 0 Å². The van der Waals surface area contributed by atoms with Crippen molar-refractivity contribution < 1.29 is 0 Å². The van der Waals surface area contributed by atoms with Crippen molar-refractivity contribution in [3.05, 3.63) is 127 Å². The monoisotopic (exact) mass is 409 g/mol. The molecule has 0 fully saturated rings. The van der Waals surface area contributed by atoms with Gasteiger partial charge in [0.15, 0.2) is 0 Å². The summed E-state index contributed by atoms with van der Waals surface area (Å²) in [6, 6.07) is 43.7. The average Bonchev–Trinajstić information content (AvgIpc) is 3.18. The van der Waals surface area contributed by atoms with Crippen molar-refractivity contribution >= 4 is 21.8 Å². The Hall–Kier alpha value is -4.10. The predicted octanol–water partition coefficient (Wildman–Crippen LogP) is 8.43. The van der Waals surface area contributed by atoms with Crippen LogP contribution in [0.1, 0.15) is 5.56 Å². The molecular formula is C31H23N. The van der Waals surface area contributed by atoms with Crippen molar-refractivity contribution in [2.75, 3.05) is 0 Å². The first-order valence-electron chi connectivity index (χ1n) is 11.0. The molecule has 1 aromatic heterocycles. The molecular weight excluding hydrogens is 386 g/mol. The second-order valence-corrected chi connectivity index (χ2v) is 8.37. The van der Waals surface area contributed by atoms with Crippen LogP contribution in [0.2, 0.25) is 0 Å². The lowest BCUT2D eigenvalue weighted by Crippen LogP contribution is -1.94. The van der Waals surface area contributed by atoms with Crippen LogP contribution in [0.5, 0.6) is 0 Å². The fourth-order valence-corrected chi connectivity index (χ4v) is 4.61. The first-order valence-corrected chi connectivity index (χ1v) is 11.0. The molecule has 0 bridgehead atoms. The van der Waals surface area contributed by atoms with Crippen molar-refractivity contribution in [3.63, 3.8) is 0 Å². The van der Waals surface area contributed by atoms with E-state index >= 15 is 0 Å². The van der Waals surface area contributed by atoms with E-state index in [0.29, 0.717) is 0 Å². The summed E-state index contributed by atoms with van der Waals surface area (Å²) in [6.45, 7) is 2.14. The quantitative estimate of drug-likeness (QED) is 0.276. The maximum Gasteiger partial charge on any atom is 0.0547 e. The first kappa shape index (κ1) is 18.7. The Morgan fingerprint density at radius 2 is 0.906 bits per heavy atom. The lowest BCUT2D eigenvalue weighted by atomic mass is 10.0. The van der Waals surface area contributed by atoms with Gasteiger partial charge in [-0.1, -0.05) is 103 Å². The van der Waals surface area contributed by atoms with Crippen LogP contribution in [0, 0.1) is 6.92 Å². The van der Waals surface area contributed by atoms with Crippen molar-refractivity contribution in [3.8, 4) is 27.9 Å². The molecule has 1 heterocycles. The molecule has 0 aliphatic heterocycles. The molecule has 6 aromatic rings. The van der Waals surface area contributed by atoms with E-state index < -0.39 is 0 Å². The van der Waals surface area contributed by atoms with Crippen LogP contribution in [0.25, 0.3) is 49.7 Å². The topological polar surface area (TPSA) is 4.93 Å². The van der Waals surface area contributed by atoms with E-state index in [1.54, 1.807) is 0 Å². The zero-order chi connectivity index (χ0) is 21.5. The molecule has 0 spiro atoms. The van der Waals surface area contributed by atoms with Gasteiger partial charge in [0.1, 0.15) is 0 Å². The molecule has 6 rings (SSSR count). The van der Waals surface area contributed by atoms with Gasteiger partial charge in [-0.15, -0.1) is 0 Å². The van der Waals surface area contributed by atoms with Gasteiger partial charge in [0, 0.05) is 16.5 Å². The predicted molar refractivity (Wildman–Crippen MR) is 136 cm³/mol. The van der Waals surface area contributed by atoms with Gasteiger partial charge in [-0.2, -0.15) is 0 Å². The molecule has 0 aliphatic rings. The number of nitrogens with zero attached hydrogens (tertiary/aromatic N) is 1. The Bertz CT molecular complexity index is 1440. The lowest BCUT2D eigenvalue weighted by Gasteiger charge is -2.10. The summed E-state index contributed by atoms with van der Waals surface area (Å²) >= 11 is 0. The first-order chi connectivity index (χ1) is 15.8. The molecule has 5 aromatic carbocycles. The molecule has 0 saturated carbocycles. The molecule has 152 valence electrons. The largest absolute Gasteiger partial charge is 0.309 e. The van der Waals surface area contributed by atoms with Crippen LogP contribution in [-0.2, 0) is 0 Å². The summed E-state index contributed by atoms with van der Waals surface area (Å²) in [6.07, 6.45) is 0. The molecule has 0 radical (unpaired) electrons. The highest BCUT2D eigenvalue weighted by Gasteiger charge is 2.14. The number of aryl methyl sites for hydroxylation is 1. The van der Waals surface area contributed by atoms with Crippen molar-refractivity contribution in [1.82, 2.24) is 4.57 Å². The van der Waals surface area contributed by atoms with Crippen LogP contribution in [0.15, 0.2) is 121 Å². The Kier molecular flexibility index (Phi) is 4.40. The highest BCUT2D eigenvalue weighted by atomic mass is 15.0. The number of aromatic nitrogens is 1. The van der Waals surface area contributed by atoms with Crippen molar-refractivity contribution in [2.24, 2.45) is 0 Å². The summed E-state index contributed by atoms with van der Waals surface area (Å²) in [7, 11) is 0. The highest BCUT2D eigenvalue weighted by molar-refractivity contribution is 6.11. The molecule has 0 aliphatic carbocycles. The fraction of sp³-hybridized carbons (Fsp3) is 0.0323. The third-order valence-corrected chi connectivity index (χ3v) is 6.27. The third kappa shape index (κ3) is 3.11. The van der Waals surface area contributed by atoms with Crippen LogP contribution in [0.3, 0.4) is 0 Å². The number of hydrogen-bond donors (Lipinski definition) is 0. The van der Waals surface area contributed by atoms with E-state index in [9.17, 15) is 0 Å². The number of rotatable bonds is 3. The van der Waals surface area contributed by atoms with E-state index in [4.69, 9.17) is 0 Å². The lowest BCUT2D eigenvalue weighted by molar-refractivity contribution is 1.17. The minimum atomic E-state index is 1.19. The van der Waals surface area contributed by atoms with Gasteiger partial charge in [-0.05, 0) is 53.4 Å². The van der Waals surface area contributed by atoms with Gasteiger partial charge in [0.25, 0.3) is 0 Å². The molecule has 0 N–H and O–H groups in total. The SMILES string of the molecule is Cc1ccc(-n2c3cc(-c4ccccc4)ccc3c3ccc(-c4ccccc4)cc32)cc1. The second-order valence-electron chi connectivity index (χ2n) is 8.37. The normalized spacial score (nSPS) is 11.3. The van der Waals surface area contributed by atoms with Crippen molar-refractivity contribution in [2.45, 2.75) is 6.92 Å².